The number of aliphatic hydroxyl groups is 1. The summed E-state index contributed by atoms with van der Waals surface area (Å²) in [6.07, 6.45) is -0.527. The Hall–Kier alpha value is -1.42. The number of aryl methyl sites for hydroxylation is 1. The minimum Gasteiger partial charge on any atom is -0.469 e. The summed E-state index contributed by atoms with van der Waals surface area (Å²) in [6, 6.07) is 4.43. The Morgan fingerprint density at radius 1 is 1.53 bits per heavy atom. The molecule has 0 bridgehead atoms. The maximum atomic E-state index is 13.1. The van der Waals surface area contributed by atoms with Crippen LogP contribution in [-0.4, -0.2) is 18.2 Å². The van der Waals surface area contributed by atoms with Crippen molar-refractivity contribution in [2.24, 2.45) is 5.92 Å². The van der Waals surface area contributed by atoms with Crippen molar-refractivity contribution in [3.63, 3.8) is 0 Å². The maximum absolute atomic E-state index is 13.1. The molecule has 17 heavy (non-hydrogen) atoms. The number of benzene rings is 1. The van der Waals surface area contributed by atoms with Crippen LogP contribution in [0.1, 0.15) is 30.6 Å². The van der Waals surface area contributed by atoms with Crippen LogP contribution in [-0.2, 0) is 9.53 Å². The molecule has 2 atom stereocenters. The van der Waals surface area contributed by atoms with E-state index in [1.165, 1.54) is 19.2 Å². The molecule has 3 nitrogen and oxygen atoms in total. The van der Waals surface area contributed by atoms with E-state index >= 15 is 0 Å². The van der Waals surface area contributed by atoms with Gasteiger partial charge in [-0.05, 0) is 30.5 Å². The molecule has 0 saturated heterocycles. The minimum absolute atomic E-state index is 0.262. The monoisotopic (exact) mass is 240 g/mol. The predicted molar refractivity (Wildman–Crippen MR) is 61.9 cm³/mol. The number of carbonyl (C=O) groups is 1. The van der Waals surface area contributed by atoms with Crippen LogP contribution < -0.4 is 0 Å². The second-order valence-corrected chi connectivity index (χ2v) is 4.18. The summed E-state index contributed by atoms with van der Waals surface area (Å²) < 4.78 is 17.6. The summed E-state index contributed by atoms with van der Waals surface area (Å²) in [5.41, 5.74) is 1.09. The molecule has 0 aliphatic carbocycles. The van der Waals surface area contributed by atoms with Crippen molar-refractivity contribution < 1.29 is 19.0 Å². The zero-order valence-electron chi connectivity index (χ0n) is 10.2. The third-order valence-electron chi connectivity index (χ3n) is 2.75. The van der Waals surface area contributed by atoms with Gasteiger partial charge in [-0.25, -0.2) is 4.39 Å². The molecule has 0 aliphatic rings. The van der Waals surface area contributed by atoms with Gasteiger partial charge in [0.05, 0.1) is 19.1 Å². The molecule has 1 N–H and O–H groups in total. The van der Waals surface area contributed by atoms with E-state index < -0.39 is 6.10 Å². The van der Waals surface area contributed by atoms with Gasteiger partial charge in [0.15, 0.2) is 0 Å². The molecule has 0 amide bonds. The number of esters is 1. The Kier molecular flexibility index (Phi) is 4.63. The number of ether oxygens (including phenoxy) is 1. The van der Waals surface area contributed by atoms with Crippen LogP contribution in [0.5, 0.6) is 0 Å². The second kappa shape index (κ2) is 5.77. The number of carbonyl (C=O) groups excluding carboxylic acids is 1. The van der Waals surface area contributed by atoms with E-state index in [9.17, 15) is 14.3 Å². The first kappa shape index (κ1) is 13.6. The molecular weight excluding hydrogens is 223 g/mol. The van der Waals surface area contributed by atoms with Crippen molar-refractivity contribution in [1.29, 1.82) is 0 Å². The average molecular weight is 240 g/mol. The van der Waals surface area contributed by atoms with Crippen molar-refractivity contribution in [2.75, 3.05) is 7.11 Å². The molecule has 0 radical (unpaired) electrons. The SMILES string of the molecule is COC(=O)C(C)CC(O)c1ccc(F)c(C)c1. The van der Waals surface area contributed by atoms with Crippen molar-refractivity contribution >= 4 is 5.97 Å². The van der Waals surface area contributed by atoms with Crippen molar-refractivity contribution in [1.82, 2.24) is 0 Å². The van der Waals surface area contributed by atoms with Crippen LogP contribution in [0.25, 0.3) is 0 Å². The Morgan fingerprint density at radius 2 is 2.18 bits per heavy atom. The van der Waals surface area contributed by atoms with Gasteiger partial charge in [-0.3, -0.25) is 4.79 Å². The van der Waals surface area contributed by atoms with Crippen LogP contribution in [0.15, 0.2) is 18.2 Å². The molecule has 0 spiro atoms. The molecule has 1 rings (SSSR count). The van der Waals surface area contributed by atoms with Gasteiger partial charge in [-0.1, -0.05) is 19.1 Å². The lowest BCUT2D eigenvalue weighted by atomic mass is 9.97. The van der Waals surface area contributed by atoms with Gasteiger partial charge in [0, 0.05) is 0 Å². The van der Waals surface area contributed by atoms with Crippen LogP contribution in [0, 0.1) is 18.7 Å². The van der Waals surface area contributed by atoms with Crippen LogP contribution in [0.2, 0.25) is 0 Å². The normalized spacial score (nSPS) is 14.2. The van der Waals surface area contributed by atoms with Crippen molar-refractivity contribution in [3.05, 3.63) is 35.1 Å². The van der Waals surface area contributed by atoms with E-state index in [1.807, 2.05) is 0 Å². The topological polar surface area (TPSA) is 46.5 Å². The van der Waals surface area contributed by atoms with Gasteiger partial charge in [0.25, 0.3) is 0 Å². The number of hydrogen-bond acceptors (Lipinski definition) is 3. The van der Waals surface area contributed by atoms with E-state index in [0.717, 1.165) is 0 Å². The highest BCUT2D eigenvalue weighted by atomic mass is 19.1. The molecule has 0 heterocycles. The Morgan fingerprint density at radius 3 is 2.71 bits per heavy atom. The van der Waals surface area contributed by atoms with Crippen LogP contribution in [0.3, 0.4) is 0 Å². The molecule has 1 aromatic carbocycles. The van der Waals surface area contributed by atoms with E-state index in [4.69, 9.17) is 0 Å². The fourth-order valence-corrected chi connectivity index (χ4v) is 1.64. The zero-order chi connectivity index (χ0) is 13.0. The Bertz CT molecular complexity index is 404. The lowest BCUT2D eigenvalue weighted by Crippen LogP contribution is -2.16. The van der Waals surface area contributed by atoms with Gasteiger partial charge in [-0.15, -0.1) is 0 Å². The van der Waals surface area contributed by atoms with Crippen molar-refractivity contribution in [2.45, 2.75) is 26.4 Å². The molecule has 94 valence electrons. The molecule has 0 saturated carbocycles. The summed E-state index contributed by atoms with van der Waals surface area (Å²) in [5.74, 6) is -1.05. The maximum Gasteiger partial charge on any atom is 0.308 e. The third kappa shape index (κ3) is 3.53. The zero-order valence-corrected chi connectivity index (χ0v) is 10.2. The first-order valence-electron chi connectivity index (χ1n) is 5.47. The largest absolute Gasteiger partial charge is 0.469 e. The van der Waals surface area contributed by atoms with E-state index in [0.29, 0.717) is 11.1 Å². The molecule has 4 heteroatoms. The number of methoxy groups -OCH3 is 1. The lowest BCUT2D eigenvalue weighted by molar-refractivity contribution is -0.145. The first-order valence-corrected chi connectivity index (χ1v) is 5.47. The van der Waals surface area contributed by atoms with Gasteiger partial charge < -0.3 is 9.84 Å². The van der Waals surface area contributed by atoms with Crippen LogP contribution >= 0.6 is 0 Å². The van der Waals surface area contributed by atoms with Crippen molar-refractivity contribution in [3.8, 4) is 0 Å². The summed E-state index contributed by atoms with van der Waals surface area (Å²) >= 11 is 0. The number of halogens is 1. The molecule has 2 unspecified atom stereocenters. The molecule has 0 aliphatic heterocycles. The average Bonchev–Trinajstić information content (AvgIpc) is 2.31. The fraction of sp³-hybridized carbons (Fsp3) is 0.462. The molecule has 1 aromatic rings. The van der Waals surface area contributed by atoms with E-state index in [-0.39, 0.29) is 24.1 Å². The quantitative estimate of drug-likeness (QED) is 0.822. The molecule has 0 aromatic heterocycles. The number of aliphatic hydroxyl groups excluding tert-OH is 1. The lowest BCUT2D eigenvalue weighted by Gasteiger charge is -2.15. The summed E-state index contributed by atoms with van der Waals surface area (Å²) in [5, 5.41) is 9.92. The predicted octanol–water partition coefficient (Wildman–Crippen LogP) is 2.37. The third-order valence-corrected chi connectivity index (χ3v) is 2.75. The fourth-order valence-electron chi connectivity index (χ4n) is 1.64. The van der Waals surface area contributed by atoms with Gasteiger partial charge in [0.2, 0.25) is 0 Å². The smallest absolute Gasteiger partial charge is 0.308 e. The standard InChI is InChI=1S/C13H17FO3/c1-8-6-10(4-5-11(8)14)12(15)7-9(2)13(16)17-3/h4-6,9,12,15H,7H2,1-3H3. The highest BCUT2D eigenvalue weighted by Gasteiger charge is 2.19. The highest BCUT2D eigenvalue weighted by Crippen LogP contribution is 2.23. The van der Waals surface area contributed by atoms with E-state index in [1.54, 1.807) is 19.9 Å². The Balaban J connectivity index is 2.72. The minimum atomic E-state index is -0.789. The summed E-state index contributed by atoms with van der Waals surface area (Å²) in [4.78, 5) is 11.2. The number of rotatable bonds is 4. The summed E-state index contributed by atoms with van der Waals surface area (Å²) in [6.45, 7) is 3.32. The van der Waals surface area contributed by atoms with Crippen LogP contribution in [0.4, 0.5) is 4.39 Å². The van der Waals surface area contributed by atoms with E-state index in [2.05, 4.69) is 4.74 Å². The van der Waals surface area contributed by atoms with Gasteiger partial charge in [0.1, 0.15) is 5.82 Å². The second-order valence-electron chi connectivity index (χ2n) is 4.18. The first-order chi connectivity index (χ1) is 7.95. The molecule has 0 fully saturated rings. The summed E-state index contributed by atoms with van der Waals surface area (Å²) in [7, 11) is 1.31. The van der Waals surface area contributed by atoms with Gasteiger partial charge >= 0.3 is 5.97 Å². The van der Waals surface area contributed by atoms with Gasteiger partial charge in [-0.2, -0.15) is 0 Å². The Labute approximate surface area is 100 Å². The number of hydrogen-bond donors (Lipinski definition) is 1. The molecular formula is C13H17FO3. The highest BCUT2D eigenvalue weighted by molar-refractivity contribution is 5.71.